The number of carbonyl (C=O) groups excluding carboxylic acids is 2. The smallest absolute Gasteiger partial charge is 0.246 e. The lowest BCUT2D eigenvalue weighted by atomic mass is 9.84. The second-order valence-corrected chi connectivity index (χ2v) is 9.95. The first-order valence-electron chi connectivity index (χ1n) is 12.4. The number of hydrogen-bond donors (Lipinski definition) is 1. The van der Waals surface area contributed by atoms with Gasteiger partial charge in [-0.3, -0.25) is 9.59 Å². The molecule has 2 aromatic carbocycles. The number of para-hydroxylation sites is 1. The second-order valence-electron chi connectivity index (χ2n) is 9.95. The molecule has 1 aromatic heterocycles. The number of fused-ring (bicyclic) bond motifs is 4. The Hall–Kier alpha value is -3.08. The highest BCUT2D eigenvalue weighted by Crippen LogP contribution is 2.43. The first kappa shape index (κ1) is 20.5. The number of aromatic nitrogens is 1. The van der Waals surface area contributed by atoms with Crippen molar-refractivity contribution in [2.45, 2.75) is 70.0 Å². The molecule has 1 saturated heterocycles. The van der Waals surface area contributed by atoms with Crippen LogP contribution < -0.4 is 0 Å². The molecule has 3 aromatic rings. The van der Waals surface area contributed by atoms with Crippen LogP contribution in [0.1, 0.15) is 67.0 Å². The predicted octanol–water partition coefficient (Wildman–Crippen LogP) is 4.88. The molecule has 0 radical (unpaired) electrons. The first-order valence-corrected chi connectivity index (χ1v) is 12.4. The van der Waals surface area contributed by atoms with Gasteiger partial charge in [-0.2, -0.15) is 0 Å². The Balaban J connectivity index is 1.48. The lowest BCUT2D eigenvalue weighted by Crippen LogP contribution is -2.64. The van der Waals surface area contributed by atoms with Crippen molar-refractivity contribution in [2.24, 2.45) is 0 Å². The molecule has 0 bridgehead atoms. The van der Waals surface area contributed by atoms with Crippen molar-refractivity contribution in [2.75, 3.05) is 6.54 Å². The summed E-state index contributed by atoms with van der Waals surface area (Å²) in [7, 11) is 0. The van der Waals surface area contributed by atoms with E-state index in [1.165, 1.54) is 18.4 Å². The summed E-state index contributed by atoms with van der Waals surface area (Å²) in [6, 6.07) is 16.1. The number of carbonyl (C=O) groups is 2. The van der Waals surface area contributed by atoms with Gasteiger partial charge in [0, 0.05) is 29.1 Å². The molecule has 2 fully saturated rings. The summed E-state index contributed by atoms with van der Waals surface area (Å²) in [5, 5.41) is 1.16. The van der Waals surface area contributed by atoms with Crippen molar-refractivity contribution < 1.29 is 9.59 Å². The van der Waals surface area contributed by atoms with Crippen molar-refractivity contribution in [3.63, 3.8) is 0 Å². The van der Waals surface area contributed by atoms with Crippen molar-refractivity contribution in [1.82, 2.24) is 14.8 Å². The second kappa shape index (κ2) is 8.05. The van der Waals surface area contributed by atoms with Crippen molar-refractivity contribution >= 4 is 22.7 Å². The van der Waals surface area contributed by atoms with Gasteiger partial charge < -0.3 is 14.8 Å². The average Bonchev–Trinajstić information content (AvgIpc) is 2.99. The molecule has 0 unspecified atom stereocenters. The van der Waals surface area contributed by atoms with Crippen molar-refractivity contribution in [3.8, 4) is 0 Å². The van der Waals surface area contributed by atoms with Gasteiger partial charge in [0.2, 0.25) is 11.8 Å². The molecule has 2 amide bonds. The summed E-state index contributed by atoms with van der Waals surface area (Å²) in [5.74, 6) is 0.206. The van der Waals surface area contributed by atoms with Gasteiger partial charge in [-0.05, 0) is 42.5 Å². The van der Waals surface area contributed by atoms with Gasteiger partial charge in [-0.25, -0.2) is 0 Å². The third-order valence-electron chi connectivity index (χ3n) is 8.04. The van der Waals surface area contributed by atoms with E-state index in [-0.39, 0.29) is 30.4 Å². The van der Waals surface area contributed by atoms with E-state index in [1.54, 1.807) is 0 Å². The highest BCUT2D eigenvalue weighted by molar-refractivity contribution is 5.98. The Morgan fingerprint density at radius 1 is 0.909 bits per heavy atom. The van der Waals surface area contributed by atoms with Crippen LogP contribution in [-0.2, 0) is 16.0 Å². The Bertz CT molecular complexity index is 1220. The molecular formula is C28H31N3O2. The van der Waals surface area contributed by atoms with E-state index in [9.17, 15) is 9.59 Å². The minimum Gasteiger partial charge on any atom is -0.356 e. The van der Waals surface area contributed by atoms with Crippen molar-refractivity contribution in [3.05, 3.63) is 70.9 Å². The monoisotopic (exact) mass is 441 g/mol. The predicted molar refractivity (Wildman–Crippen MR) is 129 cm³/mol. The number of amides is 2. The van der Waals surface area contributed by atoms with Gasteiger partial charge in [0.1, 0.15) is 12.6 Å². The Morgan fingerprint density at radius 3 is 2.42 bits per heavy atom. The maximum Gasteiger partial charge on any atom is 0.246 e. The minimum absolute atomic E-state index is 0.0707. The molecule has 3 heterocycles. The van der Waals surface area contributed by atoms with Gasteiger partial charge in [0.15, 0.2) is 0 Å². The van der Waals surface area contributed by atoms with Crippen LogP contribution in [0.3, 0.4) is 0 Å². The fraction of sp³-hybridized carbons (Fsp3) is 0.429. The fourth-order valence-corrected chi connectivity index (χ4v) is 6.38. The van der Waals surface area contributed by atoms with Gasteiger partial charge >= 0.3 is 0 Å². The lowest BCUT2D eigenvalue weighted by Gasteiger charge is -2.49. The summed E-state index contributed by atoms with van der Waals surface area (Å²) < 4.78 is 0. The molecule has 1 N–H and O–H groups in total. The highest BCUT2D eigenvalue weighted by Gasteiger charge is 2.49. The molecule has 2 aliphatic heterocycles. The molecule has 1 aliphatic carbocycles. The van der Waals surface area contributed by atoms with Crippen LogP contribution in [0.25, 0.3) is 10.9 Å². The van der Waals surface area contributed by atoms with Crippen LogP contribution in [0.15, 0.2) is 48.5 Å². The zero-order chi connectivity index (χ0) is 22.5. The number of aryl methyl sites for hydroxylation is 1. The molecule has 5 nitrogen and oxygen atoms in total. The van der Waals surface area contributed by atoms with E-state index in [1.807, 2.05) is 28.0 Å². The third-order valence-corrected chi connectivity index (χ3v) is 8.04. The topological polar surface area (TPSA) is 56.4 Å². The summed E-state index contributed by atoms with van der Waals surface area (Å²) in [5.41, 5.74) is 5.55. The Kier molecular flexibility index (Phi) is 5.01. The highest BCUT2D eigenvalue weighted by atomic mass is 16.2. The SMILES string of the molecule is Cc1ccccc1[C@H]1c2[nH]c3ccccc3c2C[C@H]2C(=O)N(C3CCCCCC3)CC(=O)N12. The first-order chi connectivity index (χ1) is 16.1. The molecule has 33 heavy (non-hydrogen) atoms. The van der Waals surface area contributed by atoms with Gasteiger partial charge in [-0.15, -0.1) is 0 Å². The Labute approximate surface area is 194 Å². The van der Waals surface area contributed by atoms with Crippen LogP contribution in [0.2, 0.25) is 0 Å². The molecule has 5 heteroatoms. The van der Waals surface area contributed by atoms with E-state index >= 15 is 0 Å². The molecule has 2 atom stereocenters. The van der Waals surface area contributed by atoms with E-state index in [0.29, 0.717) is 6.42 Å². The summed E-state index contributed by atoms with van der Waals surface area (Å²) in [6.45, 7) is 2.30. The lowest BCUT2D eigenvalue weighted by molar-refractivity contribution is -0.161. The van der Waals surface area contributed by atoms with E-state index < -0.39 is 6.04 Å². The molecule has 0 spiro atoms. The molecule has 3 aliphatic rings. The number of H-pyrrole nitrogens is 1. The normalized spacial score (nSPS) is 24.0. The van der Waals surface area contributed by atoms with E-state index in [2.05, 4.69) is 42.2 Å². The molecule has 6 rings (SSSR count). The number of aromatic amines is 1. The number of nitrogens with one attached hydrogen (secondary N) is 1. The number of rotatable bonds is 2. The summed E-state index contributed by atoms with van der Waals surface area (Å²) >= 11 is 0. The van der Waals surface area contributed by atoms with Gasteiger partial charge in [0.25, 0.3) is 0 Å². The van der Waals surface area contributed by atoms with Crippen LogP contribution in [0.4, 0.5) is 0 Å². The van der Waals surface area contributed by atoms with Gasteiger partial charge in [-0.1, -0.05) is 68.1 Å². The van der Waals surface area contributed by atoms with E-state index in [4.69, 9.17) is 0 Å². The largest absolute Gasteiger partial charge is 0.356 e. The number of piperazine rings is 1. The summed E-state index contributed by atoms with van der Waals surface area (Å²) in [6.07, 6.45) is 7.38. The van der Waals surface area contributed by atoms with Crippen LogP contribution in [-0.4, -0.2) is 45.2 Å². The number of hydrogen-bond acceptors (Lipinski definition) is 2. The van der Waals surface area contributed by atoms with Crippen molar-refractivity contribution in [1.29, 1.82) is 0 Å². The number of nitrogens with zero attached hydrogens (tertiary/aromatic N) is 2. The maximum absolute atomic E-state index is 14.0. The molecular weight excluding hydrogens is 410 g/mol. The summed E-state index contributed by atoms with van der Waals surface area (Å²) in [4.78, 5) is 35.2. The van der Waals surface area contributed by atoms with Gasteiger partial charge in [0.05, 0.1) is 6.04 Å². The third kappa shape index (κ3) is 3.28. The zero-order valence-electron chi connectivity index (χ0n) is 19.2. The zero-order valence-corrected chi connectivity index (χ0v) is 19.2. The number of benzene rings is 2. The maximum atomic E-state index is 14.0. The molecule has 170 valence electrons. The quantitative estimate of drug-likeness (QED) is 0.576. The standard InChI is InChI=1S/C28H31N3O2/c1-18-10-6-7-13-20(18)27-26-22(21-14-8-9-15-23(21)29-26)16-24-28(33)30(17-25(32)31(24)27)19-11-4-2-3-5-12-19/h6-10,13-15,19,24,27,29H,2-5,11-12,16-17H2,1H3/t24-,27-/m0/s1. The van der Waals surface area contributed by atoms with Crippen LogP contribution in [0, 0.1) is 6.92 Å². The minimum atomic E-state index is -0.439. The van der Waals surface area contributed by atoms with Crippen LogP contribution >= 0.6 is 0 Å². The van der Waals surface area contributed by atoms with E-state index in [0.717, 1.165) is 53.4 Å². The van der Waals surface area contributed by atoms with Crippen LogP contribution in [0.5, 0.6) is 0 Å². The average molecular weight is 442 g/mol. The molecule has 1 saturated carbocycles. The Morgan fingerprint density at radius 2 is 1.64 bits per heavy atom. The fourth-order valence-electron chi connectivity index (χ4n) is 6.38.